The minimum Gasteiger partial charge on any atom is -0.497 e. The van der Waals surface area contributed by atoms with Gasteiger partial charge in [-0.05, 0) is 117 Å². The largest absolute Gasteiger partial charge is 0.497 e. The number of hydrogen-bond acceptors (Lipinski definition) is 3. The van der Waals surface area contributed by atoms with Crippen molar-refractivity contribution in [2.45, 2.75) is 19.3 Å². The zero-order valence-electron chi connectivity index (χ0n) is 26.6. The van der Waals surface area contributed by atoms with Crippen molar-refractivity contribution in [3.8, 4) is 28.0 Å². The number of para-hydroxylation sites is 1. The standard InChI is InChI=1S/C44H33NO2/c1-44(2)40-26-31(30-14-23-43-39(25-30)38-10-6-7-11-42(38)47-43)13-21-36(40)37-22-18-34(27-41(37)44)45(32-16-19-35(46-3)20-17-32)33-15-12-28-8-4-5-9-29(28)24-33/h4-27H,1-3H3. The van der Waals surface area contributed by atoms with Crippen molar-refractivity contribution in [3.05, 3.63) is 157 Å². The fraction of sp³-hybridized carbons (Fsp3) is 0.0909. The summed E-state index contributed by atoms with van der Waals surface area (Å²) < 4.78 is 11.6. The molecule has 1 aliphatic rings. The van der Waals surface area contributed by atoms with Crippen LogP contribution in [0.4, 0.5) is 17.1 Å². The predicted molar refractivity (Wildman–Crippen MR) is 195 cm³/mol. The van der Waals surface area contributed by atoms with Crippen molar-refractivity contribution in [2.75, 3.05) is 12.0 Å². The van der Waals surface area contributed by atoms with E-state index >= 15 is 0 Å². The van der Waals surface area contributed by atoms with E-state index in [1.54, 1.807) is 7.11 Å². The normalized spacial score (nSPS) is 13.2. The second-order valence-electron chi connectivity index (χ2n) is 13.0. The topological polar surface area (TPSA) is 25.6 Å². The lowest BCUT2D eigenvalue weighted by molar-refractivity contribution is 0.415. The Kier molecular flexibility index (Phi) is 6.07. The van der Waals surface area contributed by atoms with Crippen LogP contribution in [-0.4, -0.2) is 7.11 Å². The molecular formula is C44H33NO2. The van der Waals surface area contributed by atoms with E-state index in [1.807, 2.05) is 24.3 Å². The highest BCUT2D eigenvalue weighted by molar-refractivity contribution is 6.06. The number of ether oxygens (including phenoxy) is 1. The summed E-state index contributed by atoms with van der Waals surface area (Å²) in [5.74, 6) is 0.841. The first-order valence-electron chi connectivity index (χ1n) is 16.1. The molecule has 0 N–H and O–H groups in total. The van der Waals surface area contributed by atoms with Crippen LogP contribution in [0.1, 0.15) is 25.0 Å². The Hall–Kier alpha value is -5.80. The van der Waals surface area contributed by atoms with E-state index in [9.17, 15) is 0 Å². The first-order chi connectivity index (χ1) is 23.0. The van der Waals surface area contributed by atoms with Gasteiger partial charge in [-0.3, -0.25) is 0 Å². The maximum Gasteiger partial charge on any atom is 0.135 e. The Labute approximate surface area is 274 Å². The van der Waals surface area contributed by atoms with Gasteiger partial charge in [0.1, 0.15) is 16.9 Å². The van der Waals surface area contributed by atoms with Crippen LogP contribution in [0.2, 0.25) is 0 Å². The Morgan fingerprint density at radius 2 is 1.13 bits per heavy atom. The molecule has 47 heavy (non-hydrogen) atoms. The van der Waals surface area contributed by atoms with Crippen molar-refractivity contribution in [2.24, 2.45) is 0 Å². The van der Waals surface area contributed by atoms with Crippen LogP contribution < -0.4 is 9.64 Å². The van der Waals surface area contributed by atoms with Crippen LogP contribution in [-0.2, 0) is 5.41 Å². The maximum absolute atomic E-state index is 6.11. The third-order valence-electron chi connectivity index (χ3n) is 9.95. The molecule has 0 fully saturated rings. The van der Waals surface area contributed by atoms with E-state index in [-0.39, 0.29) is 5.41 Å². The zero-order chi connectivity index (χ0) is 31.7. The average molecular weight is 608 g/mol. The Balaban J connectivity index is 1.15. The predicted octanol–water partition coefficient (Wildman–Crippen LogP) is 12.2. The van der Waals surface area contributed by atoms with Crippen LogP contribution in [0.25, 0.3) is 55.0 Å². The number of hydrogen-bond donors (Lipinski definition) is 0. The van der Waals surface area contributed by atoms with Crippen molar-refractivity contribution in [1.82, 2.24) is 0 Å². The third kappa shape index (κ3) is 4.34. The molecule has 226 valence electrons. The van der Waals surface area contributed by atoms with Gasteiger partial charge in [-0.1, -0.05) is 86.6 Å². The molecule has 1 aromatic heterocycles. The molecule has 0 amide bonds. The molecule has 0 saturated heterocycles. The molecule has 0 bridgehead atoms. The molecule has 0 unspecified atom stereocenters. The smallest absolute Gasteiger partial charge is 0.135 e. The van der Waals surface area contributed by atoms with E-state index in [2.05, 4.69) is 140 Å². The van der Waals surface area contributed by atoms with E-state index in [1.165, 1.54) is 44.2 Å². The van der Waals surface area contributed by atoms with Crippen molar-refractivity contribution < 1.29 is 9.15 Å². The van der Waals surface area contributed by atoms with Gasteiger partial charge in [0.2, 0.25) is 0 Å². The van der Waals surface area contributed by atoms with E-state index in [0.29, 0.717) is 0 Å². The lowest BCUT2D eigenvalue weighted by atomic mass is 9.81. The number of benzene rings is 7. The summed E-state index contributed by atoms with van der Waals surface area (Å²) in [6.07, 6.45) is 0. The summed E-state index contributed by atoms with van der Waals surface area (Å²) in [5, 5.41) is 4.75. The van der Waals surface area contributed by atoms with E-state index < -0.39 is 0 Å². The maximum atomic E-state index is 6.11. The van der Waals surface area contributed by atoms with Crippen LogP contribution >= 0.6 is 0 Å². The molecule has 0 atom stereocenters. The highest BCUT2D eigenvalue weighted by Crippen LogP contribution is 2.52. The number of rotatable bonds is 5. The van der Waals surface area contributed by atoms with Crippen LogP contribution in [0.5, 0.6) is 5.75 Å². The van der Waals surface area contributed by atoms with Crippen LogP contribution in [0.3, 0.4) is 0 Å². The minimum absolute atomic E-state index is 0.182. The molecule has 0 saturated carbocycles. The molecule has 3 heteroatoms. The first kappa shape index (κ1) is 27.5. The van der Waals surface area contributed by atoms with Gasteiger partial charge < -0.3 is 14.1 Å². The van der Waals surface area contributed by atoms with Gasteiger partial charge in [0.25, 0.3) is 0 Å². The molecule has 0 spiro atoms. The highest BCUT2D eigenvalue weighted by Gasteiger charge is 2.36. The molecule has 8 aromatic rings. The summed E-state index contributed by atoms with van der Waals surface area (Å²) in [5.41, 5.74) is 12.7. The van der Waals surface area contributed by atoms with Crippen LogP contribution in [0.15, 0.2) is 150 Å². The van der Waals surface area contributed by atoms with Gasteiger partial charge in [0, 0.05) is 33.2 Å². The van der Waals surface area contributed by atoms with Crippen molar-refractivity contribution in [3.63, 3.8) is 0 Å². The molecule has 3 nitrogen and oxygen atoms in total. The number of fused-ring (bicyclic) bond motifs is 7. The third-order valence-corrected chi connectivity index (χ3v) is 9.95. The minimum atomic E-state index is -0.182. The summed E-state index contributed by atoms with van der Waals surface area (Å²) in [4.78, 5) is 2.35. The Bertz CT molecular complexity index is 2490. The Morgan fingerprint density at radius 1 is 0.511 bits per heavy atom. The summed E-state index contributed by atoms with van der Waals surface area (Å²) >= 11 is 0. The van der Waals surface area contributed by atoms with Gasteiger partial charge in [0.05, 0.1) is 7.11 Å². The monoisotopic (exact) mass is 607 g/mol. The summed E-state index contributed by atoms with van der Waals surface area (Å²) in [6, 6.07) is 52.3. The van der Waals surface area contributed by atoms with Crippen molar-refractivity contribution >= 4 is 49.8 Å². The van der Waals surface area contributed by atoms with Gasteiger partial charge >= 0.3 is 0 Å². The van der Waals surface area contributed by atoms with Gasteiger partial charge in [-0.25, -0.2) is 0 Å². The van der Waals surface area contributed by atoms with Gasteiger partial charge in [-0.2, -0.15) is 0 Å². The quantitative estimate of drug-likeness (QED) is 0.195. The molecule has 9 rings (SSSR count). The zero-order valence-corrected chi connectivity index (χ0v) is 26.6. The SMILES string of the molecule is COc1ccc(N(c2ccc3c(c2)C(C)(C)c2cc(-c4ccc5oc6ccccc6c5c4)ccc2-3)c2ccc3ccccc3c2)cc1. The first-order valence-corrected chi connectivity index (χ1v) is 16.1. The van der Waals surface area contributed by atoms with Crippen LogP contribution in [0, 0.1) is 0 Å². The molecule has 7 aromatic carbocycles. The Morgan fingerprint density at radius 3 is 1.96 bits per heavy atom. The number of nitrogens with zero attached hydrogens (tertiary/aromatic N) is 1. The number of methoxy groups -OCH3 is 1. The number of anilines is 3. The molecule has 1 aliphatic carbocycles. The summed E-state index contributed by atoms with van der Waals surface area (Å²) in [6.45, 7) is 4.71. The van der Waals surface area contributed by atoms with E-state index in [0.717, 1.165) is 44.8 Å². The lowest BCUT2D eigenvalue weighted by Crippen LogP contribution is -2.16. The van der Waals surface area contributed by atoms with Gasteiger partial charge in [0.15, 0.2) is 0 Å². The van der Waals surface area contributed by atoms with E-state index in [4.69, 9.17) is 9.15 Å². The molecular weight excluding hydrogens is 574 g/mol. The molecule has 0 radical (unpaired) electrons. The van der Waals surface area contributed by atoms with Gasteiger partial charge in [-0.15, -0.1) is 0 Å². The second kappa shape index (κ2) is 10.4. The fourth-order valence-corrected chi connectivity index (χ4v) is 7.44. The average Bonchev–Trinajstić information content (AvgIpc) is 3.60. The highest BCUT2D eigenvalue weighted by atomic mass is 16.5. The van der Waals surface area contributed by atoms with Crippen molar-refractivity contribution in [1.29, 1.82) is 0 Å². The second-order valence-corrected chi connectivity index (χ2v) is 13.0. The summed E-state index contributed by atoms with van der Waals surface area (Å²) in [7, 11) is 1.71. The molecule has 1 heterocycles. The number of furan rings is 1. The molecule has 0 aliphatic heterocycles. The fourth-order valence-electron chi connectivity index (χ4n) is 7.44. The lowest BCUT2D eigenvalue weighted by Gasteiger charge is -2.28.